The van der Waals surface area contributed by atoms with Crippen LogP contribution in [-0.4, -0.2) is 53.4 Å². The fourth-order valence-electron chi connectivity index (χ4n) is 3.89. The molecule has 158 valence electrons. The number of benzene rings is 1. The summed E-state index contributed by atoms with van der Waals surface area (Å²) < 4.78 is 5.40. The normalized spacial score (nSPS) is 21.9. The first-order chi connectivity index (χ1) is 12.4. The third kappa shape index (κ3) is 6.11. The summed E-state index contributed by atoms with van der Waals surface area (Å²) in [6.07, 6.45) is 4.20. The quantitative estimate of drug-likeness (QED) is 0.713. The number of aromatic nitrogens is 1. The standard InChI is InChI=1S/C21H31N3O2.2ClH/c1-15-7-9-24(16(2)10-15)14-21(3,25)13-23-19-12-18(26-4)11-17-6-5-8-22-20(17)19;;/h5-6,8,11-12,15-16,23,25H,7,9-10,13-14H2,1-4H3;2*1H. The van der Waals surface area contributed by atoms with Gasteiger partial charge in [0.1, 0.15) is 5.75 Å². The molecule has 1 aliphatic rings. The van der Waals surface area contributed by atoms with Gasteiger partial charge in [-0.3, -0.25) is 9.88 Å². The number of piperidine rings is 1. The second-order valence-electron chi connectivity index (χ2n) is 8.05. The van der Waals surface area contributed by atoms with E-state index in [9.17, 15) is 5.11 Å². The summed E-state index contributed by atoms with van der Waals surface area (Å²) in [5.74, 6) is 1.56. The van der Waals surface area contributed by atoms with Crippen molar-refractivity contribution in [3.63, 3.8) is 0 Å². The number of anilines is 1. The van der Waals surface area contributed by atoms with Crippen LogP contribution in [-0.2, 0) is 0 Å². The Morgan fingerprint density at radius 3 is 2.75 bits per heavy atom. The molecule has 0 spiro atoms. The maximum absolute atomic E-state index is 11.0. The van der Waals surface area contributed by atoms with Crippen LogP contribution in [0.15, 0.2) is 30.5 Å². The van der Waals surface area contributed by atoms with Gasteiger partial charge in [-0.15, -0.1) is 24.8 Å². The van der Waals surface area contributed by atoms with Crippen LogP contribution < -0.4 is 10.1 Å². The number of nitrogens with zero attached hydrogens (tertiary/aromatic N) is 2. The second kappa shape index (κ2) is 10.5. The highest BCUT2D eigenvalue weighted by molar-refractivity contribution is 5.91. The van der Waals surface area contributed by atoms with E-state index in [1.54, 1.807) is 13.3 Å². The van der Waals surface area contributed by atoms with Crippen molar-refractivity contribution in [1.29, 1.82) is 0 Å². The van der Waals surface area contributed by atoms with Crippen LogP contribution in [0.5, 0.6) is 5.75 Å². The van der Waals surface area contributed by atoms with Gasteiger partial charge in [0.2, 0.25) is 0 Å². The highest BCUT2D eigenvalue weighted by Crippen LogP contribution is 2.29. The molecular formula is C21H33Cl2N3O2. The van der Waals surface area contributed by atoms with E-state index < -0.39 is 5.60 Å². The zero-order valence-electron chi connectivity index (χ0n) is 17.1. The third-order valence-corrected chi connectivity index (χ3v) is 5.39. The number of hydrogen-bond acceptors (Lipinski definition) is 5. The first kappa shape index (κ1) is 24.8. The maximum atomic E-state index is 11.0. The lowest BCUT2D eigenvalue weighted by atomic mass is 9.92. The molecule has 1 saturated heterocycles. The van der Waals surface area contributed by atoms with E-state index in [4.69, 9.17) is 4.74 Å². The van der Waals surface area contributed by atoms with Crippen LogP contribution in [0.1, 0.15) is 33.6 Å². The summed E-state index contributed by atoms with van der Waals surface area (Å²) in [7, 11) is 1.66. The molecule has 3 rings (SSSR count). The smallest absolute Gasteiger partial charge is 0.121 e. The van der Waals surface area contributed by atoms with Crippen molar-refractivity contribution in [2.75, 3.05) is 32.1 Å². The van der Waals surface area contributed by atoms with E-state index in [2.05, 4.69) is 29.0 Å². The van der Waals surface area contributed by atoms with Gasteiger partial charge < -0.3 is 15.2 Å². The number of ether oxygens (including phenoxy) is 1. The Balaban J connectivity index is 0.00000196. The van der Waals surface area contributed by atoms with Crippen LogP contribution in [0.25, 0.3) is 10.9 Å². The van der Waals surface area contributed by atoms with Gasteiger partial charge in [0.25, 0.3) is 0 Å². The topological polar surface area (TPSA) is 57.6 Å². The zero-order valence-corrected chi connectivity index (χ0v) is 18.8. The molecule has 7 heteroatoms. The van der Waals surface area contributed by atoms with Gasteiger partial charge in [-0.2, -0.15) is 0 Å². The number of halogens is 2. The van der Waals surface area contributed by atoms with Gasteiger partial charge in [-0.05, 0) is 51.3 Å². The third-order valence-electron chi connectivity index (χ3n) is 5.39. The molecule has 0 bridgehead atoms. The predicted octanol–water partition coefficient (Wildman–Crippen LogP) is 4.37. The molecule has 0 radical (unpaired) electrons. The molecule has 1 aromatic carbocycles. The maximum Gasteiger partial charge on any atom is 0.121 e. The number of nitrogens with one attached hydrogen (secondary N) is 1. The van der Waals surface area contributed by atoms with E-state index in [0.29, 0.717) is 19.1 Å². The van der Waals surface area contributed by atoms with E-state index in [-0.39, 0.29) is 24.8 Å². The summed E-state index contributed by atoms with van der Waals surface area (Å²) in [5, 5.41) is 15.4. The van der Waals surface area contributed by atoms with Crippen molar-refractivity contribution in [3.8, 4) is 5.75 Å². The van der Waals surface area contributed by atoms with Gasteiger partial charge in [0.15, 0.2) is 0 Å². The van der Waals surface area contributed by atoms with Gasteiger partial charge in [0, 0.05) is 36.8 Å². The lowest BCUT2D eigenvalue weighted by Gasteiger charge is -2.40. The van der Waals surface area contributed by atoms with Gasteiger partial charge in [-0.1, -0.05) is 13.0 Å². The molecule has 28 heavy (non-hydrogen) atoms. The summed E-state index contributed by atoms with van der Waals surface area (Å²) >= 11 is 0. The Labute approximate surface area is 180 Å². The molecule has 5 nitrogen and oxygen atoms in total. The SMILES string of the molecule is COc1cc(NCC(C)(O)CN2CCC(C)CC2C)c2ncccc2c1.Cl.Cl. The number of rotatable bonds is 6. The van der Waals surface area contributed by atoms with Crippen molar-refractivity contribution in [3.05, 3.63) is 30.5 Å². The van der Waals surface area contributed by atoms with Crippen LogP contribution in [0, 0.1) is 5.92 Å². The Kier molecular flexibility index (Phi) is 9.28. The second-order valence-corrected chi connectivity index (χ2v) is 8.05. The number of fused-ring (bicyclic) bond motifs is 1. The van der Waals surface area contributed by atoms with E-state index in [0.717, 1.165) is 34.8 Å². The van der Waals surface area contributed by atoms with Crippen molar-refractivity contribution in [2.24, 2.45) is 5.92 Å². The van der Waals surface area contributed by atoms with Crippen LogP contribution >= 0.6 is 24.8 Å². The van der Waals surface area contributed by atoms with E-state index in [1.807, 2.05) is 31.2 Å². The van der Waals surface area contributed by atoms with Crippen LogP contribution in [0.3, 0.4) is 0 Å². The Morgan fingerprint density at radius 1 is 1.32 bits per heavy atom. The predicted molar refractivity (Wildman–Crippen MR) is 121 cm³/mol. The Hall–Kier alpha value is -1.27. The van der Waals surface area contributed by atoms with Crippen LogP contribution in [0.2, 0.25) is 0 Å². The number of β-amino-alcohol motifs (C(OH)–C–C–N with tert-alkyl or cyclic N) is 1. The van der Waals surface area contributed by atoms with Crippen molar-refractivity contribution in [1.82, 2.24) is 9.88 Å². The molecule has 1 aromatic heterocycles. The van der Waals surface area contributed by atoms with Gasteiger partial charge in [-0.25, -0.2) is 0 Å². The number of methoxy groups -OCH3 is 1. The van der Waals surface area contributed by atoms with E-state index in [1.165, 1.54) is 12.8 Å². The fraction of sp³-hybridized carbons (Fsp3) is 0.571. The zero-order chi connectivity index (χ0) is 18.7. The van der Waals surface area contributed by atoms with Gasteiger partial charge >= 0.3 is 0 Å². The fourth-order valence-corrected chi connectivity index (χ4v) is 3.89. The number of aliphatic hydroxyl groups is 1. The molecule has 2 aromatic rings. The minimum atomic E-state index is -0.820. The average molecular weight is 430 g/mol. The lowest BCUT2D eigenvalue weighted by Crippen LogP contribution is -2.51. The molecule has 1 aliphatic heterocycles. The molecule has 2 heterocycles. The molecule has 2 N–H and O–H groups in total. The highest BCUT2D eigenvalue weighted by Gasteiger charge is 2.30. The average Bonchev–Trinajstić information content (AvgIpc) is 2.62. The minimum Gasteiger partial charge on any atom is -0.497 e. The molecule has 0 aliphatic carbocycles. The number of hydrogen-bond donors (Lipinski definition) is 2. The molecule has 1 fully saturated rings. The monoisotopic (exact) mass is 429 g/mol. The van der Waals surface area contributed by atoms with Crippen molar-refractivity contribution < 1.29 is 9.84 Å². The highest BCUT2D eigenvalue weighted by atomic mass is 35.5. The summed E-state index contributed by atoms with van der Waals surface area (Å²) in [5.41, 5.74) is 0.962. The summed E-state index contributed by atoms with van der Waals surface area (Å²) in [6.45, 7) is 8.67. The first-order valence-electron chi connectivity index (χ1n) is 9.51. The molecule has 0 saturated carbocycles. The Morgan fingerprint density at radius 2 is 2.07 bits per heavy atom. The van der Waals surface area contributed by atoms with Crippen molar-refractivity contribution in [2.45, 2.75) is 45.3 Å². The lowest BCUT2D eigenvalue weighted by molar-refractivity contribution is 0.00269. The summed E-state index contributed by atoms with van der Waals surface area (Å²) in [6, 6.07) is 8.37. The molecule has 3 atom stereocenters. The number of likely N-dealkylation sites (tertiary alicyclic amines) is 1. The van der Waals surface area contributed by atoms with Gasteiger partial charge in [0.05, 0.1) is 23.9 Å². The molecule has 3 unspecified atom stereocenters. The van der Waals surface area contributed by atoms with Crippen molar-refractivity contribution >= 4 is 41.4 Å². The largest absolute Gasteiger partial charge is 0.497 e. The molecule has 0 amide bonds. The number of pyridine rings is 1. The summed E-state index contributed by atoms with van der Waals surface area (Å²) in [4.78, 5) is 6.89. The molecular weight excluding hydrogens is 397 g/mol. The first-order valence-corrected chi connectivity index (χ1v) is 9.51. The minimum absolute atomic E-state index is 0. The van der Waals surface area contributed by atoms with E-state index >= 15 is 0 Å². The Bertz CT molecular complexity index is 758. The van der Waals surface area contributed by atoms with Crippen LogP contribution in [0.4, 0.5) is 5.69 Å².